The summed E-state index contributed by atoms with van der Waals surface area (Å²) in [5.74, 6) is 0.846. The van der Waals surface area contributed by atoms with Gasteiger partial charge in [0.15, 0.2) is 6.79 Å². The molecule has 2 aromatic rings. The topological polar surface area (TPSA) is 49.2 Å². The Hall–Kier alpha value is -1.11. The van der Waals surface area contributed by atoms with Crippen molar-refractivity contribution in [3.63, 3.8) is 0 Å². The number of hydrogen-bond donors (Lipinski definition) is 0. The summed E-state index contributed by atoms with van der Waals surface area (Å²) >= 11 is 9.53. The first-order chi connectivity index (χ1) is 9.76. The molecule has 0 saturated heterocycles. The Morgan fingerprint density at radius 2 is 2.30 bits per heavy atom. The minimum Gasteiger partial charge on any atom is -0.467 e. The molecule has 0 fully saturated rings. The van der Waals surface area contributed by atoms with Gasteiger partial charge in [-0.3, -0.25) is 0 Å². The van der Waals surface area contributed by atoms with Crippen LogP contribution in [0.15, 0.2) is 18.3 Å². The molecular formula is C13H13BrClN3O2. The van der Waals surface area contributed by atoms with Crippen LogP contribution in [0.3, 0.4) is 0 Å². The number of aryl methyl sites for hydroxylation is 1. The highest BCUT2D eigenvalue weighted by molar-refractivity contribution is 9.09. The first-order valence-corrected chi connectivity index (χ1v) is 7.73. The van der Waals surface area contributed by atoms with E-state index in [2.05, 4.69) is 26.2 Å². The smallest absolute Gasteiger partial charge is 0.189 e. The normalized spacial score (nSPS) is 13.9. The number of alkyl halides is 1. The lowest BCUT2D eigenvalue weighted by molar-refractivity contribution is -0.0171. The Morgan fingerprint density at radius 1 is 1.40 bits per heavy atom. The highest BCUT2D eigenvalue weighted by Crippen LogP contribution is 2.32. The molecule has 1 aliphatic rings. The van der Waals surface area contributed by atoms with Gasteiger partial charge < -0.3 is 9.47 Å². The van der Waals surface area contributed by atoms with Crippen molar-refractivity contribution in [2.45, 2.75) is 19.6 Å². The van der Waals surface area contributed by atoms with Crippen molar-refractivity contribution in [2.75, 3.05) is 12.1 Å². The van der Waals surface area contributed by atoms with Crippen molar-refractivity contribution in [3.8, 4) is 5.75 Å². The fourth-order valence-electron chi connectivity index (χ4n) is 2.18. The fraction of sp³-hybridized carbons (Fsp3) is 0.385. The van der Waals surface area contributed by atoms with Gasteiger partial charge in [-0.1, -0.05) is 32.7 Å². The predicted molar refractivity (Wildman–Crippen MR) is 78.4 cm³/mol. The quantitative estimate of drug-likeness (QED) is 0.789. The Kier molecular flexibility index (Phi) is 4.24. The van der Waals surface area contributed by atoms with E-state index in [1.54, 1.807) is 4.68 Å². The van der Waals surface area contributed by atoms with E-state index in [4.69, 9.17) is 21.1 Å². The molecule has 106 valence electrons. The standard InChI is InChI=1S/C13H13BrClN3O2/c14-2-1-12-6-18(17-16-12)5-9-3-11(15)4-10-7-19-8-20-13(9)10/h3-4,6H,1-2,5,7-8H2. The minimum absolute atomic E-state index is 0.272. The van der Waals surface area contributed by atoms with Gasteiger partial charge in [0.1, 0.15) is 5.75 Å². The molecule has 0 amide bonds. The van der Waals surface area contributed by atoms with Gasteiger partial charge in [0.25, 0.3) is 0 Å². The lowest BCUT2D eigenvalue weighted by atomic mass is 10.1. The molecule has 20 heavy (non-hydrogen) atoms. The van der Waals surface area contributed by atoms with E-state index < -0.39 is 0 Å². The molecule has 1 aliphatic heterocycles. The zero-order valence-electron chi connectivity index (χ0n) is 10.7. The molecule has 3 rings (SSSR count). The number of halogens is 2. The Balaban J connectivity index is 1.87. The Morgan fingerprint density at radius 3 is 3.15 bits per heavy atom. The van der Waals surface area contributed by atoms with Crippen LogP contribution < -0.4 is 4.74 Å². The largest absolute Gasteiger partial charge is 0.467 e. The lowest BCUT2D eigenvalue weighted by Gasteiger charge is -2.21. The van der Waals surface area contributed by atoms with Crippen molar-refractivity contribution in [2.24, 2.45) is 0 Å². The first kappa shape index (κ1) is 13.9. The second kappa shape index (κ2) is 6.11. The van der Waals surface area contributed by atoms with Gasteiger partial charge in [-0.15, -0.1) is 5.10 Å². The summed E-state index contributed by atoms with van der Waals surface area (Å²) in [5, 5.41) is 9.79. The van der Waals surface area contributed by atoms with Crippen LogP contribution in [0.5, 0.6) is 5.75 Å². The third kappa shape index (κ3) is 2.97. The van der Waals surface area contributed by atoms with Gasteiger partial charge in [-0.25, -0.2) is 4.68 Å². The Labute approximate surface area is 130 Å². The number of nitrogens with zero attached hydrogens (tertiary/aromatic N) is 3. The molecule has 1 aromatic carbocycles. The van der Waals surface area contributed by atoms with Gasteiger partial charge in [-0.2, -0.15) is 0 Å². The monoisotopic (exact) mass is 357 g/mol. The summed E-state index contributed by atoms with van der Waals surface area (Å²) in [6.07, 6.45) is 2.80. The maximum Gasteiger partial charge on any atom is 0.189 e. The summed E-state index contributed by atoms with van der Waals surface area (Å²) in [7, 11) is 0. The molecule has 0 radical (unpaired) electrons. The van der Waals surface area contributed by atoms with E-state index in [-0.39, 0.29) is 6.79 Å². The van der Waals surface area contributed by atoms with Crippen LogP contribution in [0.1, 0.15) is 16.8 Å². The van der Waals surface area contributed by atoms with Crippen LogP contribution in [0.25, 0.3) is 0 Å². The van der Waals surface area contributed by atoms with Crippen LogP contribution in [0.4, 0.5) is 0 Å². The molecule has 0 N–H and O–H groups in total. The van der Waals surface area contributed by atoms with Gasteiger partial charge in [0, 0.05) is 34.1 Å². The molecule has 0 aliphatic carbocycles. The van der Waals surface area contributed by atoms with Gasteiger partial charge in [-0.05, 0) is 12.1 Å². The maximum atomic E-state index is 6.14. The van der Waals surface area contributed by atoms with Crippen LogP contribution in [0, 0.1) is 0 Å². The third-order valence-electron chi connectivity index (χ3n) is 3.02. The number of fused-ring (bicyclic) bond motifs is 1. The maximum absolute atomic E-state index is 6.14. The summed E-state index contributed by atoms with van der Waals surface area (Å²) in [6.45, 7) is 1.38. The van der Waals surface area contributed by atoms with Crippen molar-refractivity contribution in [1.82, 2.24) is 15.0 Å². The van der Waals surface area contributed by atoms with Crippen molar-refractivity contribution in [1.29, 1.82) is 0 Å². The highest BCUT2D eigenvalue weighted by Gasteiger charge is 2.17. The summed E-state index contributed by atoms with van der Waals surface area (Å²) < 4.78 is 12.7. The second-order valence-electron chi connectivity index (χ2n) is 4.51. The van der Waals surface area contributed by atoms with Crippen molar-refractivity contribution < 1.29 is 9.47 Å². The van der Waals surface area contributed by atoms with E-state index in [1.807, 2.05) is 18.3 Å². The van der Waals surface area contributed by atoms with Crippen LogP contribution >= 0.6 is 27.5 Å². The molecule has 1 aromatic heterocycles. The van der Waals surface area contributed by atoms with Gasteiger partial charge in [0.2, 0.25) is 0 Å². The lowest BCUT2D eigenvalue weighted by Crippen LogP contribution is -2.14. The number of benzene rings is 1. The number of aromatic nitrogens is 3. The fourth-order valence-corrected chi connectivity index (χ4v) is 2.85. The molecule has 0 spiro atoms. The summed E-state index contributed by atoms with van der Waals surface area (Å²) in [6, 6.07) is 3.77. The van der Waals surface area contributed by atoms with E-state index in [9.17, 15) is 0 Å². The molecule has 5 nitrogen and oxygen atoms in total. The van der Waals surface area contributed by atoms with Crippen molar-refractivity contribution >= 4 is 27.5 Å². The number of rotatable bonds is 4. The zero-order chi connectivity index (χ0) is 13.9. The second-order valence-corrected chi connectivity index (χ2v) is 5.74. The molecule has 0 unspecified atom stereocenters. The van der Waals surface area contributed by atoms with Gasteiger partial charge >= 0.3 is 0 Å². The van der Waals surface area contributed by atoms with E-state index in [1.165, 1.54) is 0 Å². The zero-order valence-corrected chi connectivity index (χ0v) is 13.0. The molecule has 0 atom stereocenters. The molecule has 2 heterocycles. The Bertz CT molecular complexity index is 618. The summed E-state index contributed by atoms with van der Waals surface area (Å²) in [5.41, 5.74) is 2.92. The van der Waals surface area contributed by atoms with Crippen LogP contribution in [-0.2, 0) is 24.3 Å². The predicted octanol–water partition coefficient (Wildman–Crippen LogP) is 2.78. The summed E-state index contributed by atoms with van der Waals surface area (Å²) in [4.78, 5) is 0. The SMILES string of the molecule is Clc1cc2c(c(Cn3cc(CCBr)nn3)c1)OCOC2. The van der Waals surface area contributed by atoms with Gasteiger partial charge in [0.05, 0.1) is 18.8 Å². The molecule has 0 bridgehead atoms. The number of ether oxygens (including phenoxy) is 2. The van der Waals surface area contributed by atoms with Crippen molar-refractivity contribution in [3.05, 3.63) is 40.2 Å². The third-order valence-corrected chi connectivity index (χ3v) is 3.64. The average molecular weight is 359 g/mol. The highest BCUT2D eigenvalue weighted by atomic mass is 79.9. The van der Waals surface area contributed by atoms with E-state index >= 15 is 0 Å². The molecule has 7 heteroatoms. The van der Waals surface area contributed by atoms with E-state index in [0.29, 0.717) is 18.2 Å². The van der Waals surface area contributed by atoms with Crippen LogP contribution in [-0.4, -0.2) is 27.1 Å². The molecule has 0 saturated carbocycles. The van der Waals surface area contributed by atoms with E-state index in [0.717, 1.165) is 34.3 Å². The number of hydrogen-bond acceptors (Lipinski definition) is 4. The first-order valence-electron chi connectivity index (χ1n) is 6.23. The molecular weight excluding hydrogens is 346 g/mol. The van der Waals surface area contributed by atoms with Crippen LogP contribution in [0.2, 0.25) is 5.02 Å². The minimum atomic E-state index is 0.272. The average Bonchev–Trinajstić information content (AvgIpc) is 2.86.